The van der Waals surface area contributed by atoms with Gasteiger partial charge in [0.15, 0.2) is 0 Å². The molecule has 0 spiro atoms. The van der Waals surface area contributed by atoms with Gasteiger partial charge in [0.25, 0.3) is 0 Å². The molecular formula is C31H41N5. The fourth-order valence-corrected chi connectivity index (χ4v) is 3.21. The average molecular weight is 484 g/mol. The first kappa shape index (κ1) is 30.1. The van der Waals surface area contributed by atoms with Gasteiger partial charge in [0.2, 0.25) is 0 Å². The topological polar surface area (TPSA) is 78.0 Å². The van der Waals surface area contributed by atoms with Gasteiger partial charge in [-0.2, -0.15) is 0 Å². The molecule has 0 radical (unpaired) electrons. The molecule has 4 rings (SSSR count). The molecule has 190 valence electrons. The lowest BCUT2D eigenvalue weighted by atomic mass is 10.1. The molecule has 1 heterocycles. The molecule has 0 atom stereocenters. The monoisotopic (exact) mass is 483 g/mol. The number of nitrogens with two attached hydrogens (primary N) is 1. The summed E-state index contributed by atoms with van der Waals surface area (Å²) >= 11 is 0. The second-order valence-electron chi connectivity index (χ2n) is 8.27. The second-order valence-corrected chi connectivity index (χ2v) is 8.27. The van der Waals surface area contributed by atoms with E-state index in [1.165, 1.54) is 22.9 Å². The predicted octanol–water partition coefficient (Wildman–Crippen LogP) is 7.02. The summed E-state index contributed by atoms with van der Waals surface area (Å²) in [7, 11) is 4.01. The molecule has 4 N–H and O–H groups in total. The summed E-state index contributed by atoms with van der Waals surface area (Å²) in [4.78, 5) is 6.32. The summed E-state index contributed by atoms with van der Waals surface area (Å²) in [5, 5.41) is 10.5. The highest BCUT2D eigenvalue weighted by Crippen LogP contribution is 2.23. The van der Waals surface area contributed by atoms with Crippen molar-refractivity contribution in [2.45, 2.75) is 33.9 Å². The Morgan fingerprint density at radius 1 is 0.917 bits per heavy atom. The minimum Gasteiger partial charge on any atom is -0.398 e. The van der Waals surface area contributed by atoms with Crippen molar-refractivity contribution in [2.75, 3.05) is 24.7 Å². The molecule has 4 aromatic rings. The van der Waals surface area contributed by atoms with Gasteiger partial charge < -0.3 is 21.4 Å². The van der Waals surface area contributed by atoms with Crippen LogP contribution in [-0.2, 0) is 13.1 Å². The number of aromatic nitrogens is 1. The third-order valence-corrected chi connectivity index (χ3v) is 4.86. The van der Waals surface area contributed by atoms with Crippen LogP contribution in [0.3, 0.4) is 0 Å². The maximum absolute atomic E-state index is 6.08. The van der Waals surface area contributed by atoms with Crippen molar-refractivity contribution in [2.24, 2.45) is 0 Å². The van der Waals surface area contributed by atoms with Crippen LogP contribution in [0.15, 0.2) is 97.7 Å². The molecule has 0 amide bonds. The quantitative estimate of drug-likeness (QED) is 0.211. The number of nitrogens with one attached hydrogen (secondary N) is 2. The molecule has 0 aliphatic heterocycles. The van der Waals surface area contributed by atoms with Gasteiger partial charge in [-0.05, 0) is 62.4 Å². The molecule has 3 aromatic carbocycles. The second kappa shape index (κ2) is 17.5. The summed E-state index contributed by atoms with van der Waals surface area (Å²) in [5.74, 6) is 0. The molecular weight excluding hydrogens is 442 g/mol. The standard InChI is InChI=1S/C15H17N.C11H13N3.C3H6.C2H5N/c1-13-6-5-9-15(10-13)12-16-11-14-7-3-2-4-8-14;1-14(2)8-3-4-9-10(12)5-6-13-11(9)7-8;1-3-2;1-2-3/h2-10,16H,11-12H2,1H3;3-7H,1-2H3,(H2,12,13);3H,1H2,2H3;2-3H,1H3. The van der Waals surface area contributed by atoms with Gasteiger partial charge in [0.05, 0.1) is 5.52 Å². The lowest BCUT2D eigenvalue weighted by molar-refractivity contribution is 0.693. The van der Waals surface area contributed by atoms with Gasteiger partial charge in [-0.1, -0.05) is 66.2 Å². The molecule has 0 aliphatic rings. The number of aryl methyl sites for hydroxylation is 1. The molecule has 0 saturated carbocycles. The van der Waals surface area contributed by atoms with Gasteiger partial charge >= 0.3 is 0 Å². The smallest absolute Gasteiger partial charge is 0.0743 e. The zero-order valence-electron chi connectivity index (χ0n) is 22.3. The van der Waals surface area contributed by atoms with E-state index in [0.717, 1.165) is 35.4 Å². The zero-order valence-corrected chi connectivity index (χ0v) is 22.3. The normalized spacial score (nSPS) is 9.36. The minimum atomic E-state index is 0.778. The fourth-order valence-electron chi connectivity index (χ4n) is 3.21. The largest absolute Gasteiger partial charge is 0.398 e. The number of pyridine rings is 1. The van der Waals surface area contributed by atoms with E-state index in [-0.39, 0.29) is 0 Å². The summed E-state index contributed by atoms with van der Waals surface area (Å²) in [6.07, 6.45) is 4.73. The third kappa shape index (κ3) is 11.4. The van der Waals surface area contributed by atoms with Crippen LogP contribution in [0, 0.1) is 12.3 Å². The first-order chi connectivity index (χ1) is 17.4. The highest BCUT2D eigenvalue weighted by Gasteiger charge is 2.01. The third-order valence-electron chi connectivity index (χ3n) is 4.86. The number of fused-ring (bicyclic) bond motifs is 1. The van der Waals surface area contributed by atoms with Crippen molar-refractivity contribution >= 4 is 28.5 Å². The lowest BCUT2D eigenvalue weighted by Crippen LogP contribution is -2.12. The number of hydrogen-bond acceptors (Lipinski definition) is 5. The number of benzene rings is 3. The Hall–Kier alpha value is -3.96. The van der Waals surface area contributed by atoms with Crippen LogP contribution in [0.1, 0.15) is 30.5 Å². The number of nitrogen functional groups attached to an aromatic ring is 1. The van der Waals surface area contributed by atoms with Crippen LogP contribution in [0.2, 0.25) is 0 Å². The van der Waals surface area contributed by atoms with E-state index in [9.17, 15) is 0 Å². The van der Waals surface area contributed by atoms with Crippen LogP contribution >= 0.6 is 0 Å². The number of nitrogens with zero attached hydrogens (tertiary/aromatic N) is 2. The number of anilines is 2. The Bertz CT molecular complexity index is 1160. The molecule has 36 heavy (non-hydrogen) atoms. The Morgan fingerprint density at radius 3 is 2.14 bits per heavy atom. The van der Waals surface area contributed by atoms with Crippen molar-refractivity contribution in [1.82, 2.24) is 10.3 Å². The summed E-state index contributed by atoms with van der Waals surface area (Å²) in [6, 6.07) is 27.0. The van der Waals surface area contributed by atoms with Gasteiger partial charge in [-0.15, -0.1) is 6.58 Å². The van der Waals surface area contributed by atoms with Crippen LogP contribution in [0.25, 0.3) is 10.9 Å². The molecule has 0 fully saturated rings. The molecule has 0 aliphatic carbocycles. The fraction of sp³-hybridized carbons (Fsp3) is 0.226. The van der Waals surface area contributed by atoms with E-state index in [1.54, 1.807) is 19.2 Å². The van der Waals surface area contributed by atoms with E-state index in [0.29, 0.717) is 0 Å². The van der Waals surface area contributed by atoms with Crippen molar-refractivity contribution < 1.29 is 0 Å². The molecule has 1 aromatic heterocycles. The van der Waals surface area contributed by atoms with Crippen LogP contribution in [0.4, 0.5) is 11.4 Å². The van der Waals surface area contributed by atoms with Gasteiger partial charge in [-0.3, -0.25) is 4.98 Å². The van der Waals surface area contributed by atoms with Crippen LogP contribution in [0.5, 0.6) is 0 Å². The Morgan fingerprint density at radius 2 is 1.53 bits per heavy atom. The number of rotatable bonds is 5. The summed E-state index contributed by atoms with van der Waals surface area (Å²) < 4.78 is 0. The Labute approximate surface area is 217 Å². The maximum Gasteiger partial charge on any atom is 0.0743 e. The van der Waals surface area contributed by atoms with E-state index in [1.807, 2.05) is 56.3 Å². The molecule has 5 heteroatoms. The minimum absolute atomic E-state index is 0.778. The Balaban J connectivity index is 0.000000298. The summed E-state index contributed by atoms with van der Waals surface area (Å²) in [6.45, 7) is 10.9. The van der Waals surface area contributed by atoms with Gasteiger partial charge in [0.1, 0.15) is 0 Å². The van der Waals surface area contributed by atoms with E-state index in [4.69, 9.17) is 11.1 Å². The van der Waals surface area contributed by atoms with Gasteiger partial charge in [0, 0.05) is 50.1 Å². The van der Waals surface area contributed by atoms with Crippen molar-refractivity contribution in [3.63, 3.8) is 0 Å². The lowest BCUT2D eigenvalue weighted by Gasteiger charge is -2.12. The Kier molecular flexibility index (Phi) is 14.6. The van der Waals surface area contributed by atoms with Crippen molar-refractivity contribution in [3.05, 3.63) is 114 Å². The molecule has 5 nitrogen and oxygen atoms in total. The van der Waals surface area contributed by atoms with Crippen LogP contribution < -0.4 is 16.0 Å². The summed E-state index contributed by atoms with van der Waals surface area (Å²) in [5.41, 5.74) is 12.7. The zero-order chi connectivity index (χ0) is 26.8. The van der Waals surface area contributed by atoms with Crippen molar-refractivity contribution in [1.29, 1.82) is 5.41 Å². The molecule has 0 unspecified atom stereocenters. The maximum atomic E-state index is 6.08. The number of allylic oxidation sites excluding steroid dienone is 1. The number of hydrogen-bond donors (Lipinski definition) is 3. The first-order valence-electron chi connectivity index (χ1n) is 12.0. The van der Waals surface area contributed by atoms with E-state index in [2.05, 4.69) is 72.3 Å². The average Bonchev–Trinajstić information content (AvgIpc) is 2.86. The van der Waals surface area contributed by atoms with Crippen LogP contribution in [-0.4, -0.2) is 25.3 Å². The van der Waals surface area contributed by atoms with E-state index < -0.39 is 0 Å². The SMILES string of the molecule is C=CC.CC=N.CN(C)c1ccc2c(N)ccnc2c1.Cc1cccc(CNCc2ccccc2)c1. The molecule has 0 bridgehead atoms. The van der Waals surface area contributed by atoms with Gasteiger partial charge in [-0.25, -0.2) is 0 Å². The highest BCUT2D eigenvalue weighted by atomic mass is 15.1. The first-order valence-corrected chi connectivity index (χ1v) is 12.0. The van der Waals surface area contributed by atoms with Crippen molar-refractivity contribution in [3.8, 4) is 0 Å². The van der Waals surface area contributed by atoms with E-state index >= 15 is 0 Å². The predicted molar refractivity (Wildman–Crippen MR) is 159 cm³/mol. The highest BCUT2D eigenvalue weighted by molar-refractivity contribution is 5.91. The molecule has 0 saturated heterocycles.